The summed E-state index contributed by atoms with van der Waals surface area (Å²) >= 11 is 3.74. The minimum absolute atomic E-state index is 1.16. The third-order valence-corrected chi connectivity index (χ3v) is 24.5. The van der Waals surface area contributed by atoms with Gasteiger partial charge in [0.25, 0.3) is 0 Å². The molecule has 0 N–H and O–H groups in total. The lowest BCUT2D eigenvalue weighted by Crippen LogP contribution is -1.94. The average Bonchev–Trinajstić information content (AvgIpc) is 1.59. The van der Waals surface area contributed by atoms with Crippen molar-refractivity contribution in [3.63, 3.8) is 0 Å². The van der Waals surface area contributed by atoms with E-state index >= 15 is 0 Å². The maximum atomic E-state index is 2.48. The molecular weight excluding hydrogens is 1350 g/mol. The van der Waals surface area contributed by atoms with Crippen LogP contribution in [0.1, 0.15) is 0 Å². The van der Waals surface area contributed by atoms with E-state index in [2.05, 4.69) is 407 Å². The molecule has 6 heterocycles. The van der Waals surface area contributed by atoms with E-state index in [1.807, 2.05) is 22.7 Å². The molecule has 17 aromatic carbocycles. The van der Waals surface area contributed by atoms with Crippen molar-refractivity contribution >= 4 is 150 Å². The summed E-state index contributed by atoms with van der Waals surface area (Å²) < 4.78 is 15.0. The first-order valence-electron chi connectivity index (χ1n) is 36.9. The van der Waals surface area contributed by atoms with E-state index in [0.717, 1.165) is 11.4 Å². The largest absolute Gasteiger partial charge is 0.309 e. The van der Waals surface area contributed by atoms with Crippen molar-refractivity contribution in [2.24, 2.45) is 0 Å². The van der Waals surface area contributed by atoms with E-state index in [1.54, 1.807) is 0 Å². The molecule has 0 aliphatic heterocycles. The summed E-state index contributed by atoms with van der Waals surface area (Å²) in [6.45, 7) is 0. The molecule has 4 nitrogen and oxygen atoms in total. The molecule has 0 amide bonds. The van der Waals surface area contributed by atoms with Crippen LogP contribution in [0, 0.1) is 0 Å². The molecule has 0 aliphatic rings. The van der Waals surface area contributed by atoms with Gasteiger partial charge in [0, 0.05) is 100 Å². The van der Waals surface area contributed by atoms with Gasteiger partial charge in [0.2, 0.25) is 0 Å². The topological polar surface area (TPSA) is 19.7 Å². The summed E-state index contributed by atoms with van der Waals surface area (Å²) in [5.41, 5.74) is 26.6. The zero-order valence-corrected chi connectivity index (χ0v) is 60.2. The molecule has 0 fully saturated rings. The molecule has 108 heavy (non-hydrogen) atoms. The van der Waals surface area contributed by atoms with Crippen LogP contribution in [0.3, 0.4) is 0 Å². The molecule has 0 saturated heterocycles. The molecule has 0 aliphatic carbocycles. The second-order valence-electron chi connectivity index (χ2n) is 28.3. The second kappa shape index (κ2) is 25.0. The Kier molecular flexibility index (Phi) is 14.3. The van der Waals surface area contributed by atoms with Crippen molar-refractivity contribution in [3.8, 4) is 78.4 Å². The number of aromatic nitrogens is 4. The van der Waals surface area contributed by atoms with Crippen LogP contribution in [0.15, 0.2) is 388 Å². The van der Waals surface area contributed by atoms with Crippen LogP contribution >= 0.6 is 22.7 Å². The third-order valence-electron chi connectivity index (χ3n) is 22.2. The van der Waals surface area contributed by atoms with Gasteiger partial charge in [-0.15, -0.1) is 22.7 Å². The van der Waals surface area contributed by atoms with Crippen molar-refractivity contribution in [2.45, 2.75) is 0 Å². The number of para-hydroxylation sites is 4. The number of hydrogen-bond donors (Lipinski definition) is 0. The zero-order chi connectivity index (χ0) is 70.9. The van der Waals surface area contributed by atoms with Gasteiger partial charge in [-0.1, -0.05) is 243 Å². The number of rotatable bonds is 9. The molecular formula is C102H64N4S2. The predicted molar refractivity (Wildman–Crippen MR) is 463 cm³/mol. The summed E-state index contributed by atoms with van der Waals surface area (Å²) in [5.74, 6) is 0. The fraction of sp³-hybridized carbons (Fsp3) is 0. The minimum Gasteiger partial charge on any atom is -0.309 e. The van der Waals surface area contributed by atoms with Gasteiger partial charge in [-0.3, -0.25) is 0 Å². The standard InChI is InChI=1S/C54H34N2S.C48H30N2S/c1-3-13-35(14-4-1)37-17-11-18-41(31-37)55-47-21-9-7-19-42(47)44-32-39(25-28-49(44)55)40-26-29-50-45(33-40)43-20-8-10-22-48(43)56(50)51-23-12-24-53-54(51)46-34-38(27-30-52(46)57-53)36-15-5-2-6-16-36;1-2-11-31(12-3-1)32-13-10-14-35(27-32)49-43-18-7-4-15-37(43)40-28-33(21-24-45(40)49)34-22-25-46-41(29-34)38-16-5-8-19-44(38)50(46)36-23-26-48-42(30-36)39-17-6-9-20-47(39)51-48/h1-34H;1-30H. The van der Waals surface area contributed by atoms with E-state index < -0.39 is 0 Å². The summed E-state index contributed by atoms with van der Waals surface area (Å²) in [5, 5.41) is 15.3. The Hall–Kier alpha value is -13.6. The first-order chi connectivity index (χ1) is 53.5. The number of hydrogen-bond acceptors (Lipinski definition) is 2. The second-order valence-corrected chi connectivity index (χ2v) is 30.4. The van der Waals surface area contributed by atoms with Crippen molar-refractivity contribution in [3.05, 3.63) is 388 Å². The fourth-order valence-electron chi connectivity index (χ4n) is 17.3. The maximum Gasteiger partial charge on any atom is 0.0555 e. The highest BCUT2D eigenvalue weighted by Gasteiger charge is 2.22. The summed E-state index contributed by atoms with van der Waals surface area (Å²) in [6, 6.07) is 142. The van der Waals surface area contributed by atoms with Crippen LogP contribution in [0.5, 0.6) is 0 Å². The van der Waals surface area contributed by atoms with Crippen molar-refractivity contribution < 1.29 is 0 Å². The van der Waals surface area contributed by atoms with Crippen LogP contribution in [0.2, 0.25) is 0 Å². The fourth-order valence-corrected chi connectivity index (χ4v) is 19.5. The molecule has 504 valence electrons. The highest BCUT2D eigenvalue weighted by Crippen LogP contribution is 2.46. The van der Waals surface area contributed by atoms with Gasteiger partial charge < -0.3 is 18.3 Å². The van der Waals surface area contributed by atoms with Gasteiger partial charge in [0.05, 0.1) is 49.8 Å². The van der Waals surface area contributed by atoms with Gasteiger partial charge in [-0.05, 0) is 201 Å². The third kappa shape index (κ3) is 10.0. The number of thiophene rings is 2. The van der Waals surface area contributed by atoms with Crippen LogP contribution in [0.4, 0.5) is 0 Å². The molecule has 23 rings (SSSR count). The van der Waals surface area contributed by atoms with Crippen LogP contribution < -0.4 is 0 Å². The Labute approximate surface area is 630 Å². The molecule has 23 aromatic rings. The average molecular weight is 1410 g/mol. The Morgan fingerprint density at radius 2 is 0.444 bits per heavy atom. The quantitative estimate of drug-likeness (QED) is 0.137. The van der Waals surface area contributed by atoms with Crippen molar-refractivity contribution in [1.82, 2.24) is 18.3 Å². The van der Waals surface area contributed by atoms with Gasteiger partial charge in [0.15, 0.2) is 0 Å². The van der Waals surface area contributed by atoms with E-state index in [-0.39, 0.29) is 0 Å². The van der Waals surface area contributed by atoms with Crippen molar-refractivity contribution in [2.75, 3.05) is 0 Å². The first-order valence-corrected chi connectivity index (χ1v) is 38.6. The highest BCUT2D eigenvalue weighted by atomic mass is 32.1. The number of nitrogens with zero attached hydrogens (tertiary/aromatic N) is 4. The summed E-state index contributed by atoms with van der Waals surface area (Å²) in [6.07, 6.45) is 0. The normalized spacial score (nSPS) is 11.9. The first kappa shape index (κ1) is 61.8. The molecule has 6 heteroatoms. The Morgan fingerprint density at radius 1 is 0.148 bits per heavy atom. The van der Waals surface area contributed by atoms with E-state index in [0.29, 0.717) is 0 Å². The lowest BCUT2D eigenvalue weighted by atomic mass is 10.0. The van der Waals surface area contributed by atoms with Crippen LogP contribution in [0.25, 0.3) is 206 Å². The van der Waals surface area contributed by atoms with E-state index in [9.17, 15) is 0 Å². The SMILES string of the molecule is c1ccc(-c2cccc(-n3c4ccccc4c4cc(-c5ccc6c(c5)c5ccccc5n6-c5ccc6sc7ccccc7c6c5)ccc43)c2)cc1.c1ccc(-c2cccc(-n3c4ccccc4c4cc(-c5ccc6c(c5)c5ccccc5n6-c5cccc6sc7ccc(-c8ccccc8)cc7c56)ccc43)c2)cc1. The Bertz CT molecular complexity index is 7550. The minimum atomic E-state index is 1.16. The van der Waals surface area contributed by atoms with Crippen LogP contribution in [-0.4, -0.2) is 18.3 Å². The van der Waals surface area contributed by atoms with Gasteiger partial charge in [0.1, 0.15) is 0 Å². The van der Waals surface area contributed by atoms with Crippen LogP contribution in [-0.2, 0) is 0 Å². The van der Waals surface area contributed by atoms with Gasteiger partial charge in [-0.25, -0.2) is 0 Å². The highest BCUT2D eigenvalue weighted by molar-refractivity contribution is 7.26. The molecule has 0 unspecified atom stereocenters. The van der Waals surface area contributed by atoms with Gasteiger partial charge >= 0.3 is 0 Å². The van der Waals surface area contributed by atoms with Crippen molar-refractivity contribution in [1.29, 1.82) is 0 Å². The Balaban J connectivity index is 0.000000135. The molecule has 0 spiro atoms. The van der Waals surface area contributed by atoms with E-state index in [1.165, 1.54) is 195 Å². The lowest BCUT2D eigenvalue weighted by Gasteiger charge is -2.11. The maximum absolute atomic E-state index is 2.48. The molecule has 0 atom stereocenters. The molecule has 6 aromatic heterocycles. The summed E-state index contributed by atoms with van der Waals surface area (Å²) in [7, 11) is 0. The molecule has 0 bridgehead atoms. The predicted octanol–water partition coefficient (Wildman–Crippen LogP) is 28.8. The zero-order valence-electron chi connectivity index (χ0n) is 58.6. The smallest absolute Gasteiger partial charge is 0.0555 e. The molecule has 0 saturated carbocycles. The number of benzene rings is 17. The van der Waals surface area contributed by atoms with E-state index in [4.69, 9.17) is 0 Å². The monoisotopic (exact) mass is 1410 g/mol. The lowest BCUT2D eigenvalue weighted by molar-refractivity contribution is 1.18. The number of fused-ring (bicyclic) bond motifs is 18. The Morgan fingerprint density at radius 3 is 0.917 bits per heavy atom. The summed E-state index contributed by atoms with van der Waals surface area (Å²) in [4.78, 5) is 0. The van der Waals surface area contributed by atoms with Gasteiger partial charge in [-0.2, -0.15) is 0 Å². The molecule has 0 radical (unpaired) electrons.